The van der Waals surface area contributed by atoms with E-state index in [0.29, 0.717) is 13.4 Å². The van der Waals surface area contributed by atoms with Crippen LogP contribution in [0.3, 0.4) is 0 Å². The van der Waals surface area contributed by atoms with Gasteiger partial charge in [-0.3, -0.25) is 4.90 Å². The third-order valence-electron chi connectivity index (χ3n) is 3.73. The van der Waals surface area contributed by atoms with Crippen LogP contribution in [-0.2, 0) is 17.9 Å². The highest BCUT2D eigenvalue weighted by Crippen LogP contribution is 2.31. The highest BCUT2D eigenvalue weighted by atomic mass is 16.7. The predicted octanol–water partition coefficient (Wildman–Crippen LogP) is 1.91. The molecule has 5 nitrogen and oxygen atoms in total. The van der Waals surface area contributed by atoms with E-state index in [1.807, 2.05) is 12.1 Å². The molecule has 118 valence electrons. The predicted molar refractivity (Wildman–Crippen MR) is 85.3 cm³/mol. The van der Waals surface area contributed by atoms with Crippen LogP contribution in [0.25, 0.3) is 0 Å². The van der Waals surface area contributed by atoms with Gasteiger partial charge in [0.2, 0.25) is 0 Å². The van der Waals surface area contributed by atoms with Gasteiger partial charge in [-0.2, -0.15) is 0 Å². The highest BCUT2D eigenvalue weighted by Gasteiger charge is 2.17. The second-order valence-electron chi connectivity index (χ2n) is 5.80. The van der Waals surface area contributed by atoms with Gasteiger partial charge in [-0.05, 0) is 52.3 Å². The molecule has 0 aliphatic carbocycles. The fourth-order valence-corrected chi connectivity index (χ4v) is 2.64. The van der Waals surface area contributed by atoms with Crippen LogP contribution in [0.4, 0.5) is 5.69 Å². The Morgan fingerprint density at radius 1 is 1.24 bits per heavy atom. The van der Waals surface area contributed by atoms with Gasteiger partial charge in [0.15, 0.2) is 6.79 Å². The fraction of sp³-hybridized carbons (Fsp3) is 0.625. The molecule has 1 aliphatic heterocycles. The molecule has 0 spiro atoms. The van der Waals surface area contributed by atoms with E-state index in [0.717, 1.165) is 49.6 Å². The van der Waals surface area contributed by atoms with Crippen LogP contribution < -0.4 is 10.5 Å². The molecule has 0 radical (unpaired) electrons. The van der Waals surface area contributed by atoms with Gasteiger partial charge in [0.25, 0.3) is 0 Å². The van der Waals surface area contributed by atoms with Crippen molar-refractivity contribution in [3.05, 3.63) is 23.3 Å². The summed E-state index contributed by atoms with van der Waals surface area (Å²) >= 11 is 0. The monoisotopic (exact) mass is 293 g/mol. The van der Waals surface area contributed by atoms with Crippen LogP contribution in [0.5, 0.6) is 5.75 Å². The molecule has 0 unspecified atom stereocenters. The minimum atomic E-state index is 0.330. The molecule has 0 atom stereocenters. The summed E-state index contributed by atoms with van der Waals surface area (Å²) in [5.41, 5.74) is 9.01. The Morgan fingerprint density at radius 2 is 2.05 bits per heavy atom. The summed E-state index contributed by atoms with van der Waals surface area (Å²) in [5.74, 6) is 0.960. The number of fused-ring (bicyclic) bond motifs is 1. The van der Waals surface area contributed by atoms with Crippen molar-refractivity contribution in [3.63, 3.8) is 0 Å². The molecule has 1 aliphatic rings. The molecule has 0 fully saturated rings. The van der Waals surface area contributed by atoms with Crippen molar-refractivity contribution in [2.45, 2.75) is 26.5 Å². The smallest absolute Gasteiger partial charge is 0.189 e. The zero-order valence-electron chi connectivity index (χ0n) is 13.4. The molecule has 1 aromatic carbocycles. The Morgan fingerprint density at radius 3 is 2.76 bits per heavy atom. The van der Waals surface area contributed by atoms with Crippen molar-refractivity contribution in [1.29, 1.82) is 0 Å². The van der Waals surface area contributed by atoms with E-state index in [1.165, 1.54) is 5.56 Å². The molecule has 0 bridgehead atoms. The number of hydrogen-bond acceptors (Lipinski definition) is 5. The van der Waals surface area contributed by atoms with Gasteiger partial charge < -0.3 is 20.1 Å². The number of nitrogens with zero attached hydrogens (tertiary/aromatic N) is 2. The van der Waals surface area contributed by atoms with Gasteiger partial charge in [0.05, 0.1) is 6.61 Å². The molecule has 21 heavy (non-hydrogen) atoms. The van der Waals surface area contributed by atoms with E-state index in [-0.39, 0.29) is 0 Å². The van der Waals surface area contributed by atoms with Crippen LogP contribution in [0.1, 0.15) is 24.5 Å². The van der Waals surface area contributed by atoms with Crippen molar-refractivity contribution >= 4 is 5.69 Å². The van der Waals surface area contributed by atoms with Gasteiger partial charge in [-0.15, -0.1) is 0 Å². The largest absolute Gasteiger partial charge is 0.467 e. The Labute approximate surface area is 127 Å². The molecule has 0 aromatic heterocycles. The Hall–Kier alpha value is -1.30. The molecule has 2 N–H and O–H groups in total. The zero-order valence-corrected chi connectivity index (χ0v) is 13.4. The SMILES string of the molecule is CCN(CCCN(C)C)Cc1cc(N)cc2c1OCOC2. The molecule has 1 aromatic rings. The molecule has 1 heterocycles. The highest BCUT2D eigenvalue weighted by molar-refractivity contribution is 5.53. The standard InChI is InChI=1S/C16H27N3O2/c1-4-19(7-5-6-18(2)3)10-13-8-15(17)9-14-11-20-12-21-16(13)14/h8-9H,4-7,10-12,17H2,1-3H3. The van der Waals surface area contributed by atoms with E-state index in [4.69, 9.17) is 15.2 Å². The van der Waals surface area contributed by atoms with Crippen LogP contribution in [0.2, 0.25) is 0 Å². The van der Waals surface area contributed by atoms with Gasteiger partial charge in [0, 0.05) is 23.4 Å². The second kappa shape index (κ2) is 7.64. The maximum atomic E-state index is 6.00. The number of nitrogens with two attached hydrogens (primary N) is 1. The summed E-state index contributed by atoms with van der Waals surface area (Å²) in [6, 6.07) is 3.97. The first-order valence-electron chi connectivity index (χ1n) is 7.59. The van der Waals surface area contributed by atoms with Crippen molar-refractivity contribution in [2.75, 3.05) is 46.3 Å². The molecule has 0 saturated carbocycles. The van der Waals surface area contributed by atoms with Crippen molar-refractivity contribution in [1.82, 2.24) is 9.80 Å². The normalized spacial score (nSPS) is 14.3. The second-order valence-corrected chi connectivity index (χ2v) is 5.80. The summed E-state index contributed by atoms with van der Waals surface area (Å²) in [5, 5.41) is 0. The van der Waals surface area contributed by atoms with Crippen LogP contribution in [0, 0.1) is 0 Å². The number of ether oxygens (including phenoxy) is 2. The Kier molecular flexibility index (Phi) is 5.85. The van der Waals surface area contributed by atoms with Crippen LogP contribution >= 0.6 is 0 Å². The summed E-state index contributed by atoms with van der Waals surface area (Å²) in [6.45, 7) is 7.19. The first kappa shape index (κ1) is 16.1. The van der Waals surface area contributed by atoms with Crippen molar-refractivity contribution < 1.29 is 9.47 Å². The first-order valence-corrected chi connectivity index (χ1v) is 7.59. The summed E-state index contributed by atoms with van der Waals surface area (Å²) in [6.07, 6.45) is 1.16. The Balaban J connectivity index is 2.04. The lowest BCUT2D eigenvalue weighted by Crippen LogP contribution is -2.27. The molecular weight excluding hydrogens is 266 g/mol. The molecular formula is C16H27N3O2. The van der Waals surface area contributed by atoms with Gasteiger partial charge in [-0.25, -0.2) is 0 Å². The van der Waals surface area contributed by atoms with Crippen LogP contribution in [0.15, 0.2) is 12.1 Å². The van der Waals surface area contributed by atoms with Gasteiger partial charge in [0.1, 0.15) is 5.75 Å². The minimum Gasteiger partial charge on any atom is -0.467 e. The van der Waals surface area contributed by atoms with Gasteiger partial charge in [-0.1, -0.05) is 6.92 Å². The van der Waals surface area contributed by atoms with Gasteiger partial charge >= 0.3 is 0 Å². The van der Waals surface area contributed by atoms with Crippen LogP contribution in [-0.4, -0.2) is 50.3 Å². The quantitative estimate of drug-likeness (QED) is 0.778. The van der Waals surface area contributed by atoms with E-state index in [1.54, 1.807) is 0 Å². The lowest BCUT2D eigenvalue weighted by atomic mass is 10.1. The van der Waals surface area contributed by atoms with E-state index in [2.05, 4.69) is 30.8 Å². The third-order valence-corrected chi connectivity index (χ3v) is 3.73. The number of benzene rings is 1. The molecule has 2 rings (SSSR count). The maximum Gasteiger partial charge on any atom is 0.189 e. The van der Waals surface area contributed by atoms with Crippen molar-refractivity contribution in [2.24, 2.45) is 0 Å². The molecule has 0 amide bonds. The fourth-order valence-electron chi connectivity index (χ4n) is 2.64. The van der Waals surface area contributed by atoms with Crippen molar-refractivity contribution in [3.8, 4) is 5.75 Å². The summed E-state index contributed by atoms with van der Waals surface area (Å²) < 4.78 is 11.0. The lowest BCUT2D eigenvalue weighted by Gasteiger charge is -2.26. The van der Waals surface area contributed by atoms with E-state index >= 15 is 0 Å². The lowest BCUT2D eigenvalue weighted by molar-refractivity contribution is -0.0174. The zero-order chi connectivity index (χ0) is 15.2. The number of nitrogen functional groups attached to an aromatic ring is 1. The topological polar surface area (TPSA) is 51.0 Å². The number of hydrogen-bond donors (Lipinski definition) is 1. The number of rotatable bonds is 7. The Bertz CT molecular complexity index is 463. The number of anilines is 1. The maximum absolute atomic E-state index is 6.00. The summed E-state index contributed by atoms with van der Waals surface area (Å²) in [7, 11) is 4.22. The van der Waals surface area contributed by atoms with E-state index < -0.39 is 0 Å². The average molecular weight is 293 g/mol. The average Bonchev–Trinajstić information content (AvgIpc) is 2.45. The third kappa shape index (κ3) is 4.59. The summed E-state index contributed by atoms with van der Waals surface area (Å²) in [4.78, 5) is 4.65. The minimum absolute atomic E-state index is 0.330. The molecule has 0 saturated heterocycles. The molecule has 5 heteroatoms. The first-order chi connectivity index (χ1) is 10.1. The van der Waals surface area contributed by atoms with E-state index in [9.17, 15) is 0 Å².